The summed E-state index contributed by atoms with van der Waals surface area (Å²) in [6.45, 7) is 2.13. The highest BCUT2D eigenvalue weighted by Crippen LogP contribution is 2.45. The molecule has 6 nitrogen and oxygen atoms in total. The number of hydrogen-bond donors (Lipinski definition) is 0. The Morgan fingerprint density at radius 2 is 1.58 bits per heavy atom. The lowest BCUT2D eigenvalue weighted by atomic mass is 9.70. The molecule has 0 radical (unpaired) electrons. The average Bonchev–Trinajstić information content (AvgIpc) is 3.32. The van der Waals surface area contributed by atoms with E-state index in [1.807, 2.05) is 103 Å². The number of nitrogens with zero attached hydrogens (tertiary/aromatic N) is 1. The van der Waals surface area contributed by atoms with Crippen molar-refractivity contribution >= 4 is 23.7 Å². The van der Waals surface area contributed by atoms with Gasteiger partial charge in [-0.25, -0.2) is 0 Å². The van der Waals surface area contributed by atoms with Crippen LogP contribution in [-0.2, 0) is 30.5 Å². The summed E-state index contributed by atoms with van der Waals surface area (Å²) in [6.07, 6.45) is 3.87. The summed E-state index contributed by atoms with van der Waals surface area (Å²) < 4.78 is 11.4. The fourth-order valence-corrected chi connectivity index (χ4v) is 5.46. The van der Waals surface area contributed by atoms with Crippen LogP contribution < -0.4 is 0 Å². The molecule has 1 unspecified atom stereocenters. The molecule has 2 fully saturated rings. The van der Waals surface area contributed by atoms with Crippen LogP contribution in [0.3, 0.4) is 0 Å². The Kier molecular flexibility index (Phi) is 7.80. The molecular weight excluding hydrogens is 478 g/mol. The van der Waals surface area contributed by atoms with Crippen LogP contribution in [0.25, 0.3) is 6.08 Å². The Morgan fingerprint density at radius 3 is 2.24 bits per heavy atom. The van der Waals surface area contributed by atoms with E-state index in [1.165, 1.54) is 6.92 Å². The highest BCUT2D eigenvalue weighted by molar-refractivity contribution is 5.97. The van der Waals surface area contributed by atoms with Gasteiger partial charge in [0.05, 0.1) is 37.7 Å². The van der Waals surface area contributed by atoms with Gasteiger partial charge in [-0.05, 0) is 23.6 Å². The molecule has 0 aromatic heterocycles. The number of ketones is 1. The van der Waals surface area contributed by atoms with Crippen LogP contribution in [0.5, 0.6) is 0 Å². The molecule has 1 amide bonds. The molecule has 2 aliphatic heterocycles. The predicted molar refractivity (Wildman–Crippen MR) is 144 cm³/mol. The second kappa shape index (κ2) is 11.6. The smallest absolute Gasteiger partial charge is 0.310 e. The Labute approximate surface area is 222 Å². The largest absolute Gasteiger partial charge is 0.465 e. The van der Waals surface area contributed by atoms with Gasteiger partial charge in [0.25, 0.3) is 0 Å². The minimum Gasteiger partial charge on any atom is -0.465 e. The van der Waals surface area contributed by atoms with E-state index in [0.29, 0.717) is 6.61 Å². The monoisotopic (exact) mass is 509 g/mol. The summed E-state index contributed by atoms with van der Waals surface area (Å²) in [5, 5.41) is 0. The molecule has 3 aromatic carbocycles. The van der Waals surface area contributed by atoms with Crippen LogP contribution in [0, 0.1) is 11.8 Å². The lowest BCUT2D eigenvalue weighted by Gasteiger charge is -2.51. The van der Waals surface area contributed by atoms with Crippen LogP contribution in [0.2, 0.25) is 0 Å². The Morgan fingerprint density at radius 1 is 0.947 bits per heavy atom. The maximum atomic E-state index is 13.7. The number of esters is 1. The van der Waals surface area contributed by atoms with Gasteiger partial charge in [-0.1, -0.05) is 103 Å². The summed E-state index contributed by atoms with van der Waals surface area (Å²) in [7, 11) is 0. The molecule has 3 aromatic rings. The molecule has 0 spiro atoms. The zero-order valence-electron chi connectivity index (χ0n) is 21.3. The zero-order valence-corrected chi connectivity index (χ0v) is 21.3. The Balaban J connectivity index is 1.42. The predicted octanol–water partition coefficient (Wildman–Crippen LogP) is 4.66. The van der Waals surface area contributed by atoms with Gasteiger partial charge in [0.15, 0.2) is 5.78 Å². The van der Waals surface area contributed by atoms with Crippen molar-refractivity contribution in [3.63, 3.8) is 0 Å². The molecule has 5 atom stereocenters. The first-order valence-electron chi connectivity index (χ1n) is 12.9. The summed E-state index contributed by atoms with van der Waals surface area (Å²) in [5.74, 6) is -2.21. The second-order valence-electron chi connectivity index (χ2n) is 9.83. The summed E-state index contributed by atoms with van der Waals surface area (Å²) in [4.78, 5) is 41.1. The van der Waals surface area contributed by atoms with Crippen molar-refractivity contribution in [3.8, 4) is 0 Å². The Bertz CT molecular complexity index is 1290. The average molecular weight is 510 g/mol. The van der Waals surface area contributed by atoms with Crippen molar-refractivity contribution in [2.45, 2.75) is 31.5 Å². The van der Waals surface area contributed by atoms with E-state index in [4.69, 9.17) is 9.47 Å². The van der Waals surface area contributed by atoms with Crippen molar-refractivity contribution < 1.29 is 23.9 Å². The van der Waals surface area contributed by atoms with Crippen LogP contribution in [0.4, 0.5) is 0 Å². The maximum Gasteiger partial charge on any atom is 0.310 e. The second-order valence-corrected chi connectivity index (χ2v) is 9.83. The molecule has 194 valence electrons. The van der Waals surface area contributed by atoms with Crippen molar-refractivity contribution in [1.29, 1.82) is 0 Å². The van der Waals surface area contributed by atoms with E-state index in [1.54, 1.807) is 4.90 Å². The number of Topliss-reactive ketones (excluding diaryl/α,β-unsaturated/α-hetero) is 1. The van der Waals surface area contributed by atoms with Gasteiger partial charge in [-0.3, -0.25) is 14.4 Å². The lowest BCUT2D eigenvalue weighted by molar-refractivity contribution is -0.170. The summed E-state index contributed by atoms with van der Waals surface area (Å²) >= 11 is 0. The third kappa shape index (κ3) is 5.31. The third-order valence-electron chi connectivity index (χ3n) is 7.43. The van der Waals surface area contributed by atoms with Crippen LogP contribution >= 0.6 is 0 Å². The van der Waals surface area contributed by atoms with E-state index < -0.39 is 23.9 Å². The number of amides is 1. The van der Waals surface area contributed by atoms with Crippen molar-refractivity contribution in [2.24, 2.45) is 11.8 Å². The van der Waals surface area contributed by atoms with Gasteiger partial charge < -0.3 is 14.4 Å². The van der Waals surface area contributed by atoms with Crippen molar-refractivity contribution in [2.75, 3.05) is 13.2 Å². The first-order valence-corrected chi connectivity index (χ1v) is 12.9. The normalized spacial score (nSPS) is 23.8. The number of carbonyl (C=O) groups is 3. The number of benzene rings is 3. The standard InChI is InChI=1S/C32H31NO5/c1-22(34)28(21-37-19-24-13-7-3-8-14-24)33-27(18-17-23-11-5-2-6-12-23)30(31(33)35)29-26(20-38-32(29)36)25-15-9-4-10-16-25/h2-18,26-30H,19-21H2,1H3/b18-17+/t26-,27-,28-,29?,30-/m1/s1. The van der Waals surface area contributed by atoms with Crippen LogP contribution in [0.1, 0.15) is 29.5 Å². The molecule has 5 rings (SSSR count). The van der Waals surface area contributed by atoms with Crippen LogP contribution in [0.15, 0.2) is 97.1 Å². The van der Waals surface area contributed by atoms with Gasteiger partial charge in [-0.15, -0.1) is 0 Å². The highest BCUT2D eigenvalue weighted by atomic mass is 16.5. The molecule has 38 heavy (non-hydrogen) atoms. The third-order valence-corrected chi connectivity index (χ3v) is 7.43. The van der Waals surface area contributed by atoms with Gasteiger partial charge in [0.2, 0.25) is 5.91 Å². The van der Waals surface area contributed by atoms with E-state index in [-0.39, 0.29) is 36.8 Å². The zero-order chi connectivity index (χ0) is 26.5. The number of cyclic esters (lactones) is 1. The van der Waals surface area contributed by atoms with Crippen molar-refractivity contribution in [3.05, 3.63) is 114 Å². The lowest BCUT2D eigenvalue weighted by Crippen LogP contribution is -2.68. The van der Waals surface area contributed by atoms with E-state index in [2.05, 4.69) is 0 Å². The molecule has 0 saturated carbocycles. The van der Waals surface area contributed by atoms with E-state index in [9.17, 15) is 14.4 Å². The van der Waals surface area contributed by atoms with E-state index >= 15 is 0 Å². The minimum atomic E-state index is -0.750. The molecule has 2 heterocycles. The fourth-order valence-electron chi connectivity index (χ4n) is 5.46. The number of β-lactam (4-membered cyclic amide) rings is 1. The van der Waals surface area contributed by atoms with Gasteiger partial charge in [0, 0.05) is 5.92 Å². The number of carbonyl (C=O) groups excluding carboxylic acids is 3. The molecule has 0 N–H and O–H groups in total. The fraction of sp³-hybridized carbons (Fsp3) is 0.281. The van der Waals surface area contributed by atoms with Gasteiger partial charge in [-0.2, -0.15) is 0 Å². The molecule has 0 aliphatic carbocycles. The number of likely N-dealkylation sites (tertiary alicyclic amines) is 1. The summed E-state index contributed by atoms with van der Waals surface area (Å²) in [6, 6.07) is 28.0. The molecule has 2 saturated heterocycles. The molecule has 0 bridgehead atoms. The number of hydrogen-bond acceptors (Lipinski definition) is 5. The van der Waals surface area contributed by atoms with Crippen molar-refractivity contribution in [1.82, 2.24) is 4.90 Å². The van der Waals surface area contributed by atoms with E-state index in [0.717, 1.165) is 16.7 Å². The topological polar surface area (TPSA) is 72.9 Å². The number of rotatable bonds is 10. The quantitative estimate of drug-likeness (QED) is 0.294. The maximum absolute atomic E-state index is 13.7. The Hall–Kier alpha value is -4.03. The molecule has 6 heteroatoms. The number of ether oxygens (including phenoxy) is 2. The first-order chi connectivity index (χ1) is 18.5. The van der Waals surface area contributed by atoms with Gasteiger partial charge >= 0.3 is 5.97 Å². The first kappa shape index (κ1) is 25.6. The summed E-state index contributed by atoms with van der Waals surface area (Å²) in [5.41, 5.74) is 2.93. The van der Waals surface area contributed by atoms with Gasteiger partial charge in [0.1, 0.15) is 6.04 Å². The minimum absolute atomic E-state index is 0.0790. The molecular formula is C32H31NO5. The SMILES string of the molecule is CC(=O)[C@@H](COCc1ccccc1)N1C(=O)[C@@H](C2C(=O)OC[C@@H]2c2ccccc2)[C@H]1/C=C/c1ccccc1. The highest BCUT2D eigenvalue weighted by Gasteiger charge is 2.59. The van der Waals surface area contributed by atoms with Crippen LogP contribution in [-0.4, -0.2) is 47.9 Å². The molecule has 2 aliphatic rings.